The van der Waals surface area contributed by atoms with E-state index >= 15 is 0 Å². The highest BCUT2D eigenvalue weighted by Crippen LogP contribution is 2.31. The van der Waals surface area contributed by atoms with Crippen molar-refractivity contribution in [3.05, 3.63) is 28.6 Å². The van der Waals surface area contributed by atoms with Crippen LogP contribution in [0.2, 0.25) is 0 Å². The zero-order valence-corrected chi connectivity index (χ0v) is 7.48. The van der Waals surface area contributed by atoms with Gasteiger partial charge in [0.15, 0.2) is 0 Å². The summed E-state index contributed by atoms with van der Waals surface area (Å²) in [5.41, 5.74) is 5.96. The number of H-pyrrole nitrogens is 1. The van der Waals surface area contributed by atoms with Crippen molar-refractivity contribution < 1.29 is 0 Å². The lowest BCUT2D eigenvalue weighted by molar-refractivity contribution is 0.890. The molecule has 1 aromatic rings. The Morgan fingerprint density at radius 2 is 2.23 bits per heavy atom. The zero-order valence-electron chi connectivity index (χ0n) is 7.48. The van der Waals surface area contributed by atoms with Crippen molar-refractivity contribution in [2.24, 2.45) is 0 Å². The van der Waals surface area contributed by atoms with Crippen molar-refractivity contribution in [2.75, 3.05) is 0 Å². The number of hydrogen-bond acceptors (Lipinski definition) is 1. The number of aryl methyl sites for hydroxylation is 1. The first-order chi connectivity index (χ1) is 6.36. The van der Waals surface area contributed by atoms with Crippen LogP contribution in [0.15, 0.2) is 6.08 Å². The Balaban J connectivity index is 2.28. The van der Waals surface area contributed by atoms with Crippen molar-refractivity contribution in [1.29, 1.82) is 5.41 Å². The van der Waals surface area contributed by atoms with Crippen LogP contribution in [-0.4, -0.2) is 10.7 Å². The van der Waals surface area contributed by atoms with E-state index in [1.165, 1.54) is 35.4 Å². The number of fused-ring (bicyclic) bond motifs is 3. The van der Waals surface area contributed by atoms with Crippen LogP contribution in [-0.2, 0) is 12.8 Å². The molecule has 3 rings (SSSR count). The first-order valence-corrected chi connectivity index (χ1v) is 4.84. The van der Waals surface area contributed by atoms with Crippen molar-refractivity contribution >= 4 is 11.8 Å². The third-order valence-corrected chi connectivity index (χ3v) is 2.98. The highest BCUT2D eigenvalue weighted by atomic mass is 14.8. The van der Waals surface area contributed by atoms with Gasteiger partial charge in [0.2, 0.25) is 0 Å². The van der Waals surface area contributed by atoms with Gasteiger partial charge in [-0.05, 0) is 30.9 Å². The van der Waals surface area contributed by atoms with Crippen molar-refractivity contribution in [3.63, 3.8) is 0 Å². The standard InChI is InChI=1S/C11H12N2/c12-8-4-2-6-10-11(8)7-3-1-5-9(7)13-10/h2,6,12-13H,1,3-5H2. The van der Waals surface area contributed by atoms with Crippen LogP contribution in [0, 0.1) is 5.41 Å². The van der Waals surface area contributed by atoms with E-state index in [1.807, 2.05) is 0 Å². The molecule has 2 N–H and O–H groups in total. The molecular formula is C11H12N2. The lowest BCUT2D eigenvalue weighted by Gasteiger charge is -2.08. The van der Waals surface area contributed by atoms with Gasteiger partial charge in [-0.3, -0.25) is 0 Å². The van der Waals surface area contributed by atoms with Gasteiger partial charge in [-0.2, -0.15) is 0 Å². The van der Waals surface area contributed by atoms with Gasteiger partial charge in [0.1, 0.15) is 0 Å². The van der Waals surface area contributed by atoms with Gasteiger partial charge in [0.05, 0.1) is 0 Å². The maximum Gasteiger partial charge on any atom is 0.0474 e. The largest absolute Gasteiger partial charge is 0.358 e. The van der Waals surface area contributed by atoms with Crippen molar-refractivity contribution in [1.82, 2.24) is 4.98 Å². The van der Waals surface area contributed by atoms with Crippen molar-refractivity contribution in [2.45, 2.75) is 25.7 Å². The van der Waals surface area contributed by atoms with E-state index in [-0.39, 0.29) is 0 Å². The molecule has 2 heteroatoms. The molecule has 0 aliphatic heterocycles. The first kappa shape index (κ1) is 7.13. The molecule has 2 aliphatic carbocycles. The molecule has 0 saturated heterocycles. The van der Waals surface area contributed by atoms with Crippen LogP contribution in [0.4, 0.5) is 0 Å². The molecule has 0 atom stereocenters. The second kappa shape index (κ2) is 2.34. The molecule has 0 saturated carbocycles. The molecule has 2 nitrogen and oxygen atoms in total. The Bertz CT molecular complexity index is 410. The monoisotopic (exact) mass is 172 g/mol. The summed E-state index contributed by atoms with van der Waals surface area (Å²) in [7, 11) is 0. The minimum atomic E-state index is 0.789. The Morgan fingerprint density at radius 3 is 3.15 bits per heavy atom. The Hall–Kier alpha value is -1.31. The van der Waals surface area contributed by atoms with E-state index in [1.54, 1.807) is 0 Å². The minimum absolute atomic E-state index is 0.789. The molecule has 0 aromatic carbocycles. The number of allylic oxidation sites excluding steroid dienone is 1. The van der Waals surface area contributed by atoms with E-state index in [2.05, 4.69) is 17.1 Å². The number of nitrogens with one attached hydrogen (secondary N) is 2. The SMILES string of the molecule is N=C1CC=Cc2[nH]c3c(c21)CCC3. The smallest absolute Gasteiger partial charge is 0.0474 e. The van der Waals surface area contributed by atoms with Crippen molar-refractivity contribution in [3.8, 4) is 0 Å². The lowest BCUT2D eigenvalue weighted by Crippen LogP contribution is -2.04. The second-order valence-corrected chi connectivity index (χ2v) is 3.81. The van der Waals surface area contributed by atoms with Gasteiger partial charge in [-0.15, -0.1) is 0 Å². The summed E-state index contributed by atoms with van der Waals surface area (Å²) in [4.78, 5) is 3.42. The maximum absolute atomic E-state index is 7.88. The fraction of sp³-hybridized carbons (Fsp3) is 0.364. The zero-order chi connectivity index (χ0) is 8.84. The maximum atomic E-state index is 7.88. The van der Waals surface area contributed by atoms with E-state index in [0.717, 1.165) is 18.6 Å². The van der Waals surface area contributed by atoms with Gasteiger partial charge < -0.3 is 10.4 Å². The predicted octanol–water partition coefficient (Wildman–Crippen LogP) is 2.29. The topological polar surface area (TPSA) is 39.6 Å². The van der Waals surface area contributed by atoms with Crippen LogP contribution in [0.25, 0.3) is 6.08 Å². The van der Waals surface area contributed by atoms with Gasteiger partial charge >= 0.3 is 0 Å². The molecule has 1 heterocycles. The molecule has 66 valence electrons. The highest BCUT2D eigenvalue weighted by Gasteiger charge is 2.23. The molecule has 0 amide bonds. The number of aromatic nitrogens is 1. The number of hydrogen-bond donors (Lipinski definition) is 2. The van der Waals surface area contributed by atoms with Gasteiger partial charge in [0, 0.05) is 29.1 Å². The van der Waals surface area contributed by atoms with E-state index in [0.29, 0.717) is 0 Å². The molecule has 0 spiro atoms. The van der Waals surface area contributed by atoms with Gasteiger partial charge in [0.25, 0.3) is 0 Å². The summed E-state index contributed by atoms with van der Waals surface area (Å²) in [5.74, 6) is 0. The van der Waals surface area contributed by atoms with Crippen LogP contribution in [0.1, 0.15) is 35.4 Å². The quantitative estimate of drug-likeness (QED) is 0.602. The minimum Gasteiger partial charge on any atom is -0.358 e. The second-order valence-electron chi connectivity index (χ2n) is 3.81. The number of aromatic amines is 1. The third kappa shape index (κ3) is 0.857. The number of rotatable bonds is 0. The molecule has 0 bridgehead atoms. The molecular weight excluding hydrogens is 160 g/mol. The molecule has 0 fully saturated rings. The Kier molecular flexibility index (Phi) is 1.29. The summed E-state index contributed by atoms with van der Waals surface area (Å²) >= 11 is 0. The van der Waals surface area contributed by atoms with Crippen LogP contribution in [0.3, 0.4) is 0 Å². The van der Waals surface area contributed by atoms with E-state index < -0.39 is 0 Å². The van der Waals surface area contributed by atoms with Crippen LogP contribution < -0.4 is 0 Å². The highest BCUT2D eigenvalue weighted by molar-refractivity contribution is 6.05. The van der Waals surface area contributed by atoms with Gasteiger partial charge in [-0.25, -0.2) is 0 Å². The fourth-order valence-electron chi connectivity index (χ4n) is 2.41. The van der Waals surface area contributed by atoms with E-state index in [4.69, 9.17) is 5.41 Å². The summed E-state index contributed by atoms with van der Waals surface area (Å²) in [5, 5.41) is 7.88. The normalized spacial score (nSPS) is 18.9. The fourth-order valence-corrected chi connectivity index (χ4v) is 2.41. The molecule has 0 unspecified atom stereocenters. The third-order valence-electron chi connectivity index (χ3n) is 2.98. The summed E-state index contributed by atoms with van der Waals surface area (Å²) in [6, 6.07) is 0. The Labute approximate surface area is 77.2 Å². The first-order valence-electron chi connectivity index (χ1n) is 4.84. The molecule has 1 aromatic heterocycles. The average molecular weight is 172 g/mol. The molecule has 13 heavy (non-hydrogen) atoms. The lowest BCUT2D eigenvalue weighted by atomic mass is 9.97. The van der Waals surface area contributed by atoms with Crippen LogP contribution in [0.5, 0.6) is 0 Å². The Morgan fingerprint density at radius 1 is 1.31 bits per heavy atom. The molecule has 0 radical (unpaired) electrons. The predicted molar refractivity (Wildman–Crippen MR) is 53.3 cm³/mol. The molecule has 2 aliphatic rings. The summed E-state index contributed by atoms with van der Waals surface area (Å²) in [6.07, 6.45) is 8.57. The van der Waals surface area contributed by atoms with E-state index in [9.17, 15) is 0 Å². The van der Waals surface area contributed by atoms with Gasteiger partial charge in [-0.1, -0.05) is 6.08 Å². The van der Waals surface area contributed by atoms with Crippen LogP contribution >= 0.6 is 0 Å². The average Bonchev–Trinajstić information content (AvgIpc) is 2.62. The summed E-state index contributed by atoms with van der Waals surface area (Å²) < 4.78 is 0. The summed E-state index contributed by atoms with van der Waals surface area (Å²) in [6.45, 7) is 0.